The highest BCUT2D eigenvalue weighted by molar-refractivity contribution is 9.10. The molecule has 108 valence electrons. The van der Waals surface area contributed by atoms with E-state index in [0.717, 1.165) is 10.9 Å². The van der Waals surface area contributed by atoms with Crippen LogP contribution in [0, 0.1) is 5.92 Å². The molecular weight excluding hydrogens is 326 g/mol. The van der Waals surface area contributed by atoms with Crippen LogP contribution in [0.1, 0.15) is 12.8 Å². The standard InChI is InChI=1S/C14H16BrNO4/c15-11-4-1-5-12(7-11)20-9-13(17)16-6-2-3-10(8-16)14(18)19/h1,4-5,7,10H,2-3,6,8-9H2,(H,18,19). The molecule has 0 radical (unpaired) electrons. The molecule has 0 saturated carbocycles. The van der Waals surface area contributed by atoms with Crippen molar-refractivity contribution in [2.24, 2.45) is 5.92 Å². The zero-order valence-corrected chi connectivity index (χ0v) is 12.5. The molecule has 1 heterocycles. The molecule has 1 atom stereocenters. The lowest BCUT2D eigenvalue weighted by molar-refractivity contribution is -0.146. The van der Waals surface area contributed by atoms with Crippen LogP contribution in [0.2, 0.25) is 0 Å². The normalized spacial score (nSPS) is 18.6. The van der Waals surface area contributed by atoms with Crippen LogP contribution in [-0.2, 0) is 9.59 Å². The van der Waals surface area contributed by atoms with Crippen LogP contribution < -0.4 is 4.74 Å². The predicted octanol–water partition coefficient (Wildman–Crippen LogP) is 2.15. The number of piperidine rings is 1. The smallest absolute Gasteiger partial charge is 0.308 e. The number of carbonyl (C=O) groups excluding carboxylic acids is 1. The molecule has 1 amide bonds. The Balaban J connectivity index is 1.87. The van der Waals surface area contributed by atoms with Crippen LogP contribution in [0.5, 0.6) is 5.75 Å². The van der Waals surface area contributed by atoms with E-state index < -0.39 is 11.9 Å². The van der Waals surface area contributed by atoms with Gasteiger partial charge in [0.15, 0.2) is 6.61 Å². The molecule has 0 spiro atoms. The maximum absolute atomic E-state index is 12.0. The number of carboxylic acid groups (broad SMARTS) is 1. The summed E-state index contributed by atoms with van der Waals surface area (Å²) in [7, 11) is 0. The summed E-state index contributed by atoms with van der Waals surface area (Å²) in [6, 6.07) is 7.25. The molecule has 1 aliphatic rings. The summed E-state index contributed by atoms with van der Waals surface area (Å²) in [6.07, 6.45) is 1.35. The van der Waals surface area contributed by atoms with Crippen molar-refractivity contribution in [3.05, 3.63) is 28.7 Å². The lowest BCUT2D eigenvalue weighted by Gasteiger charge is -2.30. The summed E-state index contributed by atoms with van der Waals surface area (Å²) >= 11 is 3.33. The minimum absolute atomic E-state index is 0.0667. The van der Waals surface area contributed by atoms with E-state index in [1.165, 1.54) is 0 Å². The lowest BCUT2D eigenvalue weighted by atomic mass is 9.98. The molecule has 2 rings (SSSR count). The molecule has 0 bridgehead atoms. The third-order valence-electron chi connectivity index (χ3n) is 3.28. The van der Waals surface area contributed by atoms with E-state index in [-0.39, 0.29) is 19.1 Å². The van der Waals surface area contributed by atoms with Gasteiger partial charge in [-0.2, -0.15) is 0 Å². The van der Waals surface area contributed by atoms with Crippen LogP contribution >= 0.6 is 15.9 Å². The van der Waals surface area contributed by atoms with Gasteiger partial charge in [-0.15, -0.1) is 0 Å². The molecule has 1 saturated heterocycles. The maximum Gasteiger partial charge on any atom is 0.308 e. The van der Waals surface area contributed by atoms with Crippen molar-refractivity contribution in [3.8, 4) is 5.75 Å². The van der Waals surface area contributed by atoms with Gasteiger partial charge in [0, 0.05) is 17.6 Å². The highest BCUT2D eigenvalue weighted by Crippen LogP contribution is 2.19. The fraction of sp³-hybridized carbons (Fsp3) is 0.429. The van der Waals surface area contributed by atoms with E-state index >= 15 is 0 Å². The van der Waals surface area contributed by atoms with E-state index in [4.69, 9.17) is 9.84 Å². The van der Waals surface area contributed by atoms with Gasteiger partial charge in [0.2, 0.25) is 0 Å². The Kier molecular flexibility index (Phi) is 5.00. The second kappa shape index (κ2) is 6.74. The van der Waals surface area contributed by atoms with E-state index in [1.807, 2.05) is 12.1 Å². The van der Waals surface area contributed by atoms with Crippen molar-refractivity contribution in [2.45, 2.75) is 12.8 Å². The molecular formula is C14H16BrNO4. The number of carbonyl (C=O) groups is 2. The third-order valence-corrected chi connectivity index (χ3v) is 3.77. The molecule has 6 heteroatoms. The molecule has 1 unspecified atom stereocenters. The number of amides is 1. The second-order valence-corrected chi connectivity index (χ2v) is 5.68. The Morgan fingerprint density at radius 2 is 2.25 bits per heavy atom. The van der Waals surface area contributed by atoms with Gasteiger partial charge in [-0.1, -0.05) is 22.0 Å². The number of nitrogens with zero attached hydrogens (tertiary/aromatic N) is 1. The van der Waals surface area contributed by atoms with E-state index in [2.05, 4.69) is 15.9 Å². The average molecular weight is 342 g/mol. The van der Waals surface area contributed by atoms with Gasteiger partial charge in [0.25, 0.3) is 5.91 Å². The molecule has 1 aliphatic heterocycles. The van der Waals surface area contributed by atoms with Crippen molar-refractivity contribution in [1.82, 2.24) is 4.90 Å². The molecule has 0 aromatic heterocycles. The number of carboxylic acids is 1. The minimum Gasteiger partial charge on any atom is -0.484 e. The number of likely N-dealkylation sites (tertiary alicyclic amines) is 1. The SMILES string of the molecule is O=C(O)C1CCCN(C(=O)COc2cccc(Br)c2)C1. The lowest BCUT2D eigenvalue weighted by Crippen LogP contribution is -2.44. The topological polar surface area (TPSA) is 66.8 Å². The first-order chi connectivity index (χ1) is 9.56. The minimum atomic E-state index is -0.838. The summed E-state index contributed by atoms with van der Waals surface area (Å²) in [5.41, 5.74) is 0. The first kappa shape index (κ1) is 14.8. The fourth-order valence-corrected chi connectivity index (χ4v) is 2.58. The van der Waals surface area contributed by atoms with Gasteiger partial charge in [0.1, 0.15) is 5.75 Å². The van der Waals surface area contributed by atoms with Gasteiger partial charge in [0.05, 0.1) is 5.92 Å². The number of ether oxygens (including phenoxy) is 1. The molecule has 1 N–H and O–H groups in total. The van der Waals surface area contributed by atoms with Crippen molar-refractivity contribution in [2.75, 3.05) is 19.7 Å². The quantitative estimate of drug-likeness (QED) is 0.911. The van der Waals surface area contributed by atoms with Gasteiger partial charge in [-0.05, 0) is 31.0 Å². The Morgan fingerprint density at radius 1 is 1.45 bits per heavy atom. The van der Waals surface area contributed by atoms with Crippen LogP contribution in [0.15, 0.2) is 28.7 Å². The molecule has 0 aliphatic carbocycles. The summed E-state index contributed by atoms with van der Waals surface area (Å²) in [6.45, 7) is 0.809. The zero-order valence-electron chi connectivity index (χ0n) is 10.9. The van der Waals surface area contributed by atoms with E-state index in [0.29, 0.717) is 18.7 Å². The maximum atomic E-state index is 12.0. The van der Waals surface area contributed by atoms with Crippen LogP contribution in [0.4, 0.5) is 0 Å². The summed E-state index contributed by atoms with van der Waals surface area (Å²) in [5.74, 6) is -0.857. The van der Waals surface area contributed by atoms with Gasteiger partial charge in [-0.25, -0.2) is 0 Å². The number of aliphatic carboxylic acids is 1. The van der Waals surface area contributed by atoms with Gasteiger partial charge < -0.3 is 14.7 Å². The van der Waals surface area contributed by atoms with Crippen molar-refractivity contribution in [1.29, 1.82) is 0 Å². The zero-order chi connectivity index (χ0) is 14.5. The monoisotopic (exact) mass is 341 g/mol. The van der Waals surface area contributed by atoms with E-state index in [1.54, 1.807) is 17.0 Å². The van der Waals surface area contributed by atoms with Crippen LogP contribution in [0.3, 0.4) is 0 Å². The van der Waals surface area contributed by atoms with Crippen LogP contribution in [0.25, 0.3) is 0 Å². The number of rotatable bonds is 4. The Hall–Kier alpha value is -1.56. The fourth-order valence-electron chi connectivity index (χ4n) is 2.20. The predicted molar refractivity (Wildman–Crippen MR) is 76.6 cm³/mol. The second-order valence-electron chi connectivity index (χ2n) is 4.76. The Bertz CT molecular complexity index is 506. The summed E-state index contributed by atoms with van der Waals surface area (Å²) < 4.78 is 6.31. The Labute approximate surface area is 125 Å². The van der Waals surface area contributed by atoms with Gasteiger partial charge >= 0.3 is 5.97 Å². The van der Waals surface area contributed by atoms with Crippen LogP contribution in [-0.4, -0.2) is 41.6 Å². The molecule has 1 aromatic carbocycles. The highest BCUT2D eigenvalue weighted by Gasteiger charge is 2.28. The molecule has 1 fully saturated rings. The first-order valence-corrected chi connectivity index (χ1v) is 7.24. The number of benzene rings is 1. The number of halogens is 1. The highest BCUT2D eigenvalue weighted by atomic mass is 79.9. The third kappa shape index (κ3) is 3.96. The average Bonchev–Trinajstić information content (AvgIpc) is 2.45. The molecule has 20 heavy (non-hydrogen) atoms. The number of hydrogen-bond acceptors (Lipinski definition) is 3. The van der Waals surface area contributed by atoms with E-state index in [9.17, 15) is 9.59 Å². The summed E-state index contributed by atoms with van der Waals surface area (Å²) in [5, 5.41) is 9.00. The largest absolute Gasteiger partial charge is 0.484 e. The number of hydrogen-bond donors (Lipinski definition) is 1. The van der Waals surface area contributed by atoms with Crippen molar-refractivity contribution in [3.63, 3.8) is 0 Å². The molecule has 1 aromatic rings. The molecule has 5 nitrogen and oxygen atoms in total. The summed E-state index contributed by atoms with van der Waals surface area (Å²) in [4.78, 5) is 24.6. The van der Waals surface area contributed by atoms with Crippen molar-refractivity contribution >= 4 is 27.8 Å². The first-order valence-electron chi connectivity index (χ1n) is 6.45. The van der Waals surface area contributed by atoms with Crippen molar-refractivity contribution < 1.29 is 19.4 Å². The Morgan fingerprint density at radius 3 is 2.95 bits per heavy atom. The van der Waals surface area contributed by atoms with Gasteiger partial charge in [-0.3, -0.25) is 9.59 Å².